The first-order chi connectivity index (χ1) is 10.8. The van der Waals surface area contributed by atoms with E-state index in [0.717, 1.165) is 45.1 Å². The lowest BCUT2D eigenvalue weighted by molar-refractivity contribution is -0.174. The van der Waals surface area contributed by atoms with E-state index in [1.165, 1.54) is 12.8 Å². The molecular formula is C19H32N2O2. The van der Waals surface area contributed by atoms with Crippen molar-refractivity contribution in [3.63, 3.8) is 0 Å². The molecule has 3 unspecified atom stereocenters. The molecule has 0 radical (unpaired) electrons. The van der Waals surface area contributed by atoms with Crippen molar-refractivity contribution in [3.8, 4) is 0 Å². The van der Waals surface area contributed by atoms with Gasteiger partial charge in [-0.05, 0) is 82.0 Å². The third-order valence-electron chi connectivity index (χ3n) is 7.11. The normalized spacial score (nSPS) is 44.2. The van der Waals surface area contributed by atoms with Gasteiger partial charge in [-0.1, -0.05) is 6.92 Å². The first-order valence-electron chi connectivity index (χ1n) is 9.66. The Morgan fingerprint density at radius 2 is 1.87 bits per heavy atom. The van der Waals surface area contributed by atoms with Crippen LogP contribution in [-0.2, 0) is 4.79 Å². The number of nitrogens with two attached hydrogens (primary N) is 1. The quantitative estimate of drug-likeness (QED) is 0.817. The summed E-state index contributed by atoms with van der Waals surface area (Å²) in [6.45, 7) is 4.96. The first-order valence-corrected chi connectivity index (χ1v) is 9.66. The summed E-state index contributed by atoms with van der Waals surface area (Å²) in [5.41, 5.74) is 5.53. The van der Waals surface area contributed by atoms with Crippen molar-refractivity contribution in [1.29, 1.82) is 0 Å². The summed E-state index contributed by atoms with van der Waals surface area (Å²) >= 11 is 0. The van der Waals surface area contributed by atoms with Crippen LogP contribution in [0.5, 0.6) is 0 Å². The number of hydrogen-bond acceptors (Lipinski definition) is 3. The molecule has 5 aliphatic carbocycles. The van der Waals surface area contributed by atoms with Gasteiger partial charge in [0.15, 0.2) is 0 Å². The minimum atomic E-state index is -0.767. The topological polar surface area (TPSA) is 66.6 Å². The summed E-state index contributed by atoms with van der Waals surface area (Å²) in [6, 6.07) is 0.436. The fourth-order valence-electron chi connectivity index (χ4n) is 6.49. The van der Waals surface area contributed by atoms with Gasteiger partial charge >= 0.3 is 0 Å². The molecule has 0 aromatic heterocycles. The van der Waals surface area contributed by atoms with Crippen LogP contribution in [0.2, 0.25) is 0 Å². The Labute approximate surface area is 139 Å². The Kier molecular flexibility index (Phi) is 3.59. The van der Waals surface area contributed by atoms with E-state index in [1.807, 2.05) is 6.92 Å². The maximum atomic E-state index is 13.3. The molecule has 3 atom stereocenters. The van der Waals surface area contributed by atoms with Crippen molar-refractivity contribution in [2.45, 2.75) is 82.4 Å². The van der Waals surface area contributed by atoms with Gasteiger partial charge in [0.25, 0.3) is 0 Å². The number of carbonyl (C=O) groups excluding carboxylic acids is 1. The third-order valence-corrected chi connectivity index (χ3v) is 7.11. The Bertz CT molecular complexity index is 484. The monoisotopic (exact) mass is 320 g/mol. The lowest BCUT2D eigenvalue weighted by Crippen LogP contribution is -2.67. The summed E-state index contributed by atoms with van der Waals surface area (Å²) < 4.78 is 0. The molecule has 3 N–H and O–H groups in total. The zero-order valence-electron chi connectivity index (χ0n) is 14.6. The molecule has 4 heteroatoms. The van der Waals surface area contributed by atoms with Crippen LogP contribution in [0.15, 0.2) is 0 Å². The minimum absolute atomic E-state index is 0.173. The molecule has 5 aliphatic rings. The van der Waals surface area contributed by atoms with Crippen molar-refractivity contribution < 1.29 is 9.90 Å². The second kappa shape index (κ2) is 5.19. The van der Waals surface area contributed by atoms with E-state index < -0.39 is 11.1 Å². The summed E-state index contributed by atoms with van der Waals surface area (Å²) in [7, 11) is 0. The van der Waals surface area contributed by atoms with Crippen molar-refractivity contribution in [1.82, 2.24) is 4.90 Å². The Morgan fingerprint density at radius 3 is 2.35 bits per heavy atom. The molecular weight excluding hydrogens is 288 g/mol. The molecule has 1 amide bonds. The van der Waals surface area contributed by atoms with Crippen LogP contribution >= 0.6 is 0 Å². The highest BCUT2D eigenvalue weighted by Crippen LogP contribution is 2.60. The summed E-state index contributed by atoms with van der Waals surface area (Å²) in [5, 5.41) is 10.8. The Balaban J connectivity index is 1.57. The molecule has 0 heterocycles. The van der Waals surface area contributed by atoms with Gasteiger partial charge in [-0.15, -0.1) is 0 Å². The molecule has 130 valence electrons. The van der Waals surface area contributed by atoms with Gasteiger partial charge in [0.05, 0.1) is 11.1 Å². The van der Waals surface area contributed by atoms with E-state index >= 15 is 0 Å². The van der Waals surface area contributed by atoms with Crippen LogP contribution in [0.3, 0.4) is 0 Å². The number of aliphatic hydroxyl groups is 1. The third kappa shape index (κ3) is 2.53. The number of amides is 1. The molecule has 5 fully saturated rings. The molecule has 0 aliphatic heterocycles. The molecule has 5 saturated carbocycles. The predicted octanol–water partition coefficient (Wildman–Crippen LogP) is 2.29. The maximum absolute atomic E-state index is 13.3. The van der Waals surface area contributed by atoms with Gasteiger partial charge in [-0.25, -0.2) is 0 Å². The zero-order valence-corrected chi connectivity index (χ0v) is 14.6. The second-order valence-corrected chi connectivity index (χ2v) is 9.23. The highest BCUT2D eigenvalue weighted by atomic mass is 16.3. The standard InChI is InChI=1S/C19H32N2O2/c1-3-6-21(15-4-5-15)17(22)18(2,20)16-13-7-12-8-14(16)11-19(23,9-12)10-13/h12-16,23H,3-11,20H2,1-2H3. The average molecular weight is 320 g/mol. The number of nitrogens with zero attached hydrogens (tertiary/aromatic N) is 1. The SMILES string of the molecule is CCCN(C(=O)C(C)(N)C1C2CC3CC1CC(O)(C3)C2)C1CC1. The fraction of sp³-hybridized carbons (Fsp3) is 0.947. The predicted molar refractivity (Wildman–Crippen MR) is 89.6 cm³/mol. The number of hydrogen-bond donors (Lipinski definition) is 2. The van der Waals surface area contributed by atoms with Crippen molar-refractivity contribution in [3.05, 3.63) is 0 Å². The van der Waals surface area contributed by atoms with Gasteiger partial charge in [-0.3, -0.25) is 4.79 Å². The van der Waals surface area contributed by atoms with Crippen molar-refractivity contribution in [2.75, 3.05) is 6.54 Å². The summed E-state index contributed by atoms with van der Waals surface area (Å²) in [6.07, 6.45) is 8.32. The largest absolute Gasteiger partial charge is 0.390 e. The van der Waals surface area contributed by atoms with E-state index in [1.54, 1.807) is 0 Å². The number of carbonyl (C=O) groups is 1. The van der Waals surface area contributed by atoms with E-state index in [-0.39, 0.29) is 11.8 Å². The zero-order chi connectivity index (χ0) is 16.4. The molecule has 0 saturated heterocycles. The molecule has 4 nitrogen and oxygen atoms in total. The molecule has 23 heavy (non-hydrogen) atoms. The molecule has 0 aromatic rings. The molecule has 4 bridgehead atoms. The highest BCUT2D eigenvalue weighted by molar-refractivity contribution is 5.86. The van der Waals surface area contributed by atoms with Gasteiger partial charge in [-0.2, -0.15) is 0 Å². The van der Waals surface area contributed by atoms with Crippen LogP contribution in [0, 0.1) is 23.7 Å². The van der Waals surface area contributed by atoms with E-state index in [2.05, 4.69) is 11.8 Å². The van der Waals surface area contributed by atoms with Crippen LogP contribution < -0.4 is 5.73 Å². The second-order valence-electron chi connectivity index (χ2n) is 9.23. The fourth-order valence-corrected chi connectivity index (χ4v) is 6.49. The molecule has 0 aromatic carbocycles. The summed E-state index contributed by atoms with van der Waals surface area (Å²) in [4.78, 5) is 15.3. The Morgan fingerprint density at radius 1 is 1.26 bits per heavy atom. The minimum Gasteiger partial charge on any atom is -0.390 e. The van der Waals surface area contributed by atoms with E-state index in [0.29, 0.717) is 23.8 Å². The van der Waals surface area contributed by atoms with Gasteiger partial charge in [0, 0.05) is 12.6 Å². The van der Waals surface area contributed by atoms with Crippen molar-refractivity contribution >= 4 is 5.91 Å². The molecule has 5 rings (SSSR count). The van der Waals surface area contributed by atoms with E-state index in [9.17, 15) is 9.90 Å². The maximum Gasteiger partial charge on any atom is 0.242 e. The van der Waals surface area contributed by atoms with Gasteiger partial charge in [0.2, 0.25) is 5.91 Å². The first kappa shape index (κ1) is 15.9. The van der Waals surface area contributed by atoms with E-state index in [4.69, 9.17) is 5.73 Å². The van der Waals surface area contributed by atoms with Gasteiger partial charge in [0.1, 0.15) is 0 Å². The van der Waals surface area contributed by atoms with Crippen molar-refractivity contribution in [2.24, 2.45) is 29.4 Å². The Hall–Kier alpha value is -0.610. The average Bonchev–Trinajstić information content (AvgIpc) is 3.25. The van der Waals surface area contributed by atoms with Crippen LogP contribution in [0.1, 0.15) is 65.2 Å². The summed E-state index contributed by atoms with van der Waals surface area (Å²) in [5.74, 6) is 1.96. The van der Waals surface area contributed by atoms with Crippen LogP contribution in [0.25, 0.3) is 0 Å². The highest BCUT2D eigenvalue weighted by Gasteiger charge is 2.60. The van der Waals surface area contributed by atoms with Crippen LogP contribution in [0.4, 0.5) is 0 Å². The lowest BCUT2D eigenvalue weighted by Gasteiger charge is -2.61. The molecule has 0 spiro atoms. The van der Waals surface area contributed by atoms with Gasteiger partial charge < -0.3 is 15.7 Å². The number of rotatable bonds is 5. The smallest absolute Gasteiger partial charge is 0.242 e. The lowest BCUT2D eigenvalue weighted by atomic mass is 9.47. The van der Waals surface area contributed by atoms with Crippen LogP contribution in [-0.4, -0.2) is 39.6 Å².